The fourth-order valence-electron chi connectivity index (χ4n) is 0.901. The van der Waals surface area contributed by atoms with Crippen LogP contribution in [0.25, 0.3) is 0 Å². The van der Waals surface area contributed by atoms with Gasteiger partial charge in [-0.1, -0.05) is 5.16 Å². The molecule has 0 unspecified atom stereocenters. The lowest BCUT2D eigenvalue weighted by Gasteiger charge is -2.01. The summed E-state index contributed by atoms with van der Waals surface area (Å²) in [6.45, 7) is -0.467. The molecule has 8 nitrogen and oxygen atoms in total. The summed E-state index contributed by atoms with van der Waals surface area (Å²) in [5.41, 5.74) is 1.55. The number of nitrogens with zero attached hydrogens (tertiary/aromatic N) is 1. The molecule has 0 aliphatic heterocycles. The van der Waals surface area contributed by atoms with E-state index in [1.54, 1.807) is 0 Å². The molecule has 0 saturated carbocycles. The normalized spacial score (nSPS) is 11.0. The molecular weight excluding hydrogens is 232 g/mol. The number of oxime groups is 1. The molecule has 0 aliphatic rings. The number of rotatable bonds is 6. The van der Waals surface area contributed by atoms with Crippen LogP contribution in [0.4, 0.5) is 0 Å². The van der Waals surface area contributed by atoms with Gasteiger partial charge < -0.3 is 14.4 Å². The molecule has 0 atom stereocenters. The Bertz CT molecular complexity index is 411. The highest BCUT2D eigenvalue weighted by atomic mass is 16.7. The van der Waals surface area contributed by atoms with Crippen molar-refractivity contribution in [2.75, 3.05) is 13.7 Å². The molecule has 0 spiro atoms. The van der Waals surface area contributed by atoms with E-state index in [1.165, 1.54) is 25.5 Å². The summed E-state index contributed by atoms with van der Waals surface area (Å²) in [6, 6.07) is 2.91. The first-order valence-electron chi connectivity index (χ1n) is 4.44. The lowest BCUT2D eigenvalue weighted by atomic mass is 10.3. The van der Waals surface area contributed by atoms with E-state index >= 15 is 0 Å². The van der Waals surface area contributed by atoms with Crippen molar-refractivity contribution in [3.05, 3.63) is 24.2 Å². The minimum absolute atomic E-state index is 0.0321. The van der Waals surface area contributed by atoms with Gasteiger partial charge in [-0.2, -0.15) is 0 Å². The van der Waals surface area contributed by atoms with Crippen LogP contribution in [0.1, 0.15) is 5.76 Å². The van der Waals surface area contributed by atoms with E-state index in [-0.39, 0.29) is 5.76 Å². The third kappa shape index (κ3) is 3.95. The number of hydroxylamine groups is 1. The monoisotopic (exact) mass is 242 g/mol. The second-order valence-electron chi connectivity index (χ2n) is 2.73. The first-order valence-corrected chi connectivity index (χ1v) is 4.44. The summed E-state index contributed by atoms with van der Waals surface area (Å²) in [6.07, 6.45) is 1.30. The molecule has 1 aromatic rings. The molecule has 2 N–H and O–H groups in total. The number of aliphatic carboxylic acids is 1. The van der Waals surface area contributed by atoms with E-state index < -0.39 is 24.2 Å². The number of carboxylic acids is 1. The van der Waals surface area contributed by atoms with Gasteiger partial charge in [-0.15, -0.1) is 0 Å². The van der Waals surface area contributed by atoms with Crippen LogP contribution in [0.15, 0.2) is 28.0 Å². The number of carbonyl (C=O) groups excluding carboxylic acids is 1. The second kappa shape index (κ2) is 6.28. The zero-order valence-corrected chi connectivity index (χ0v) is 8.87. The minimum atomic E-state index is -1.33. The van der Waals surface area contributed by atoms with E-state index in [0.29, 0.717) is 0 Å². The van der Waals surface area contributed by atoms with Gasteiger partial charge in [-0.05, 0) is 12.1 Å². The number of carboxylic acid groups (broad SMARTS) is 1. The Morgan fingerprint density at radius 3 is 2.88 bits per heavy atom. The summed E-state index contributed by atoms with van der Waals surface area (Å²) in [7, 11) is 1.26. The van der Waals surface area contributed by atoms with Crippen molar-refractivity contribution >= 4 is 17.6 Å². The van der Waals surface area contributed by atoms with Crippen LogP contribution < -0.4 is 5.48 Å². The van der Waals surface area contributed by atoms with Crippen molar-refractivity contribution in [3.63, 3.8) is 0 Å². The van der Waals surface area contributed by atoms with Gasteiger partial charge in [-0.25, -0.2) is 10.3 Å². The van der Waals surface area contributed by atoms with Crippen LogP contribution in [0, 0.1) is 0 Å². The first-order chi connectivity index (χ1) is 8.15. The van der Waals surface area contributed by atoms with Gasteiger partial charge in [0.05, 0.1) is 13.4 Å². The quantitative estimate of drug-likeness (QED) is 0.526. The zero-order chi connectivity index (χ0) is 12.7. The molecule has 92 valence electrons. The molecule has 0 aliphatic carbocycles. The Morgan fingerprint density at radius 1 is 1.59 bits per heavy atom. The Hall–Kier alpha value is -2.35. The van der Waals surface area contributed by atoms with E-state index in [4.69, 9.17) is 9.52 Å². The molecule has 0 fully saturated rings. The fourth-order valence-corrected chi connectivity index (χ4v) is 0.901. The average molecular weight is 242 g/mol. The van der Waals surface area contributed by atoms with E-state index in [2.05, 4.69) is 14.8 Å². The highest BCUT2D eigenvalue weighted by molar-refractivity contribution is 6.41. The standard InChI is InChI=1S/C9H10N2O6/c1-15-10-7(12)5-17-11-8(9(13)14)6-3-2-4-16-6/h2-4H,5H2,1H3,(H,10,12)(H,13,14)/b11-8+. The van der Waals surface area contributed by atoms with Crippen LogP contribution in [0.5, 0.6) is 0 Å². The molecule has 17 heavy (non-hydrogen) atoms. The maximum Gasteiger partial charge on any atom is 0.361 e. The van der Waals surface area contributed by atoms with Crippen LogP contribution in [-0.4, -0.2) is 36.4 Å². The predicted molar refractivity (Wildman–Crippen MR) is 54.0 cm³/mol. The Balaban J connectivity index is 2.60. The molecule has 0 radical (unpaired) electrons. The Morgan fingerprint density at radius 2 is 2.35 bits per heavy atom. The lowest BCUT2D eigenvalue weighted by molar-refractivity contribution is -0.136. The highest BCUT2D eigenvalue weighted by Crippen LogP contribution is 2.03. The fraction of sp³-hybridized carbons (Fsp3) is 0.222. The van der Waals surface area contributed by atoms with Gasteiger partial charge in [0.25, 0.3) is 5.91 Å². The SMILES string of the molecule is CONC(=O)CO/N=C(/C(=O)O)c1ccco1. The number of nitrogens with one attached hydrogen (secondary N) is 1. The summed E-state index contributed by atoms with van der Waals surface area (Å²) < 4.78 is 4.85. The van der Waals surface area contributed by atoms with Crippen LogP contribution in [0.3, 0.4) is 0 Å². The molecule has 1 aromatic heterocycles. The zero-order valence-electron chi connectivity index (χ0n) is 8.87. The molecule has 0 saturated heterocycles. The summed E-state index contributed by atoms with van der Waals surface area (Å²) in [5.74, 6) is -1.89. The number of furan rings is 1. The maximum atomic E-state index is 10.9. The third-order valence-electron chi connectivity index (χ3n) is 1.52. The number of hydrogen-bond donors (Lipinski definition) is 2. The molecule has 1 heterocycles. The molecule has 8 heteroatoms. The average Bonchev–Trinajstić information content (AvgIpc) is 2.77. The topological polar surface area (TPSA) is 110 Å². The number of carbonyl (C=O) groups is 2. The van der Waals surface area contributed by atoms with E-state index in [9.17, 15) is 9.59 Å². The molecular formula is C9H10N2O6. The van der Waals surface area contributed by atoms with Crippen LogP contribution >= 0.6 is 0 Å². The van der Waals surface area contributed by atoms with E-state index in [0.717, 1.165) is 0 Å². The second-order valence-corrected chi connectivity index (χ2v) is 2.73. The summed E-state index contributed by atoms with van der Waals surface area (Å²) in [5, 5.41) is 12.1. The third-order valence-corrected chi connectivity index (χ3v) is 1.52. The van der Waals surface area contributed by atoms with Crippen molar-refractivity contribution in [2.45, 2.75) is 0 Å². The predicted octanol–water partition coefficient (Wildman–Crippen LogP) is -0.237. The smallest absolute Gasteiger partial charge is 0.361 e. The maximum absolute atomic E-state index is 10.9. The van der Waals surface area contributed by atoms with Crippen molar-refractivity contribution < 1.29 is 28.8 Å². The Labute approximate surface area is 95.7 Å². The van der Waals surface area contributed by atoms with Gasteiger partial charge in [0, 0.05) is 0 Å². The van der Waals surface area contributed by atoms with E-state index in [1.807, 2.05) is 5.48 Å². The molecule has 1 amide bonds. The summed E-state index contributed by atoms with van der Waals surface area (Å²) in [4.78, 5) is 30.6. The number of amides is 1. The van der Waals surface area contributed by atoms with Gasteiger partial charge in [0.15, 0.2) is 12.4 Å². The highest BCUT2D eigenvalue weighted by Gasteiger charge is 2.16. The van der Waals surface area contributed by atoms with Crippen LogP contribution in [-0.2, 0) is 19.3 Å². The summed E-state index contributed by atoms with van der Waals surface area (Å²) >= 11 is 0. The minimum Gasteiger partial charge on any atom is -0.476 e. The molecule has 0 bridgehead atoms. The Kier molecular flexibility index (Phi) is 4.70. The van der Waals surface area contributed by atoms with Gasteiger partial charge >= 0.3 is 5.97 Å². The van der Waals surface area contributed by atoms with Crippen LogP contribution in [0.2, 0.25) is 0 Å². The molecule has 0 aromatic carbocycles. The van der Waals surface area contributed by atoms with Gasteiger partial charge in [0.1, 0.15) is 0 Å². The van der Waals surface area contributed by atoms with Gasteiger partial charge in [0.2, 0.25) is 5.71 Å². The first kappa shape index (κ1) is 12.7. The van der Waals surface area contributed by atoms with Gasteiger partial charge in [-0.3, -0.25) is 9.63 Å². The lowest BCUT2D eigenvalue weighted by Crippen LogP contribution is -2.26. The van der Waals surface area contributed by atoms with Crippen molar-refractivity contribution in [1.82, 2.24) is 5.48 Å². The van der Waals surface area contributed by atoms with Crippen molar-refractivity contribution in [1.29, 1.82) is 0 Å². The van der Waals surface area contributed by atoms with Crippen molar-refractivity contribution in [2.24, 2.45) is 5.16 Å². The largest absolute Gasteiger partial charge is 0.476 e. The van der Waals surface area contributed by atoms with Crippen molar-refractivity contribution in [3.8, 4) is 0 Å². The number of hydrogen-bond acceptors (Lipinski definition) is 6. The molecule has 1 rings (SSSR count).